The van der Waals surface area contributed by atoms with Crippen LogP contribution < -0.4 is 4.90 Å². The Balaban J connectivity index is 1.97. The zero-order valence-electron chi connectivity index (χ0n) is 13.6. The molecule has 0 N–H and O–H groups in total. The van der Waals surface area contributed by atoms with Crippen LogP contribution in [0.3, 0.4) is 0 Å². The molecular formula is C21H19N3. The number of nitrogens with zero attached hydrogens (tertiary/aromatic N) is 3. The van der Waals surface area contributed by atoms with E-state index in [9.17, 15) is 0 Å². The van der Waals surface area contributed by atoms with Gasteiger partial charge in [-0.15, -0.1) is 0 Å². The highest BCUT2D eigenvalue weighted by molar-refractivity contribution is 5.82. The van der Waals surface area contributed by atoms with Crippen LogP contribution in [0.25, 0.3) is 0 Å². The highest BCUT2D eigenvalue weighted by atomic mass is 15.2. The number of hydrogen-bond acceptors (Lipinski definition) is 3. The normalized spacial score (nSPS) is 11.2. The van der Waals surface area contributed by atoms with Crippen LogP contribution in [0.1, 0.15) is 12.5 Å². The third-order valence-corrected chi connectivity index (χ3v) is 3.57. The predicted molar refractivity (Wildman–Crippen MR) is 103 cm³/mol. The second-order valence-electron chi connectivity index (χ2n) is 5.22. The molecule has 24 heavy (non-hydrogen) atoms. The van der Waals surface area contributed by atoms with Gasteiger partial charge in [0.2, 0.25) is 0 Å². The van der Waals surface area contributed by atoms with Crippen molar-refractivity contribution < 1.29 is 0 Å². The fourth-order valence-corrected chi connectivity index (χ4v) is 2.48. The zero-order chi connectivity index (χ0) is 16.6. The first-order valence-corrected chi connectivity index (χ1v) is 7.90. The Morgan fingerprint density at radius 1 is 0.625 bits per heavy atom. The molecule has 0 heterocycles. The highest BCUT2D eigenvalue weighted by Crippen LogP contribution is 2.33. The molecule has 118 valence electrons. The summed E-state index contributed by atoms with van der Waals surface area (Å²) in [4.78, 5) is 2.23. The van der Waals surface area contributed by atoms with E-state index in [0.717, 1.165) is 22.6 Å². The molecule has 0 amide bonds. The molecule has 0 spiro atoms. The van der Waals surface area contributed by atoms with Crippen molar-refractivity contribution in [3.63, 3.8) is 0 Å². The van der Waals surface area contributed by atoms with E-state index < -0.39 is 0 Å². The minimum atomic E-state index is 1.02. The van der Waals surface area contributed by atoms with Gasteiger partial charge in [0.25, 0.3) is 0 Å². The van der Waals surface area contributed by atoms with E-state index in [0.29, 0.717) is 0 Å². The molecule has 0 saturated heterocycles. The van der Waals surface area contributed by atoms with Crippen LogP contribution in [-0.2, 0) is 0 Å². The van der Waals surface area contributed by atoms with Gasteiger partial charge >= 0.3 is 0 Å². The van der Waals surface area contributed by atoms with Crippen molar-refractivity contribution in [2.24, 2.45) is 10.2 Å². The van der Waals surface area contributed by atoms with Crippen molar-refractivity contribution in [2.75, 3.05) is 4.90 Å². The maximum absolute atomic E-state index is 3.98. The number of hydrogen-bond donors (Lipinski definition) is 0. The standard InChI is InChI=1S/C21H19N3/c1-2-22-23-17-18-13-15-21(16-14-18)24(19-9-5-3-6-10-19)20-11-7-4-8-12-20/h2-17H,1H3/b22-2+,23-17+. The van der Waals surface area contributed by atoms with Gasteiger partial charge in [-0.25, -0.2) is 0 Å². The fraction of sp³-hybridized carbons (Fsp3) is 0.0476. The van der Waals surface area contributed by atoms with Crippen LogP contribution in [-0.4, -0.2) is 12.4 Å². The highest BCUT2D eigenvalue weighted by Gasteiger charge is 2.11. The van der Waals surface area contributed by atoms with Gasteiger partial charge in [-0.3, -0.25) is 0 Å². The number of rotatable bonds is 5. The van der Waals surface area contributed by atoms with Crippen LogP contribution in [0.5, 0.6) is 0 Å². The van der Waals surface area contributed by atoms with E-state index in [-0.39, 0.29) is 0 Å². The molecule has 0 aliphatic carbocycles. The van der Waals surface area contributed by atoms with E-state index in [2.05, 4.69) is 75.8 Å². The summed E-state index contributed by atoms with van der Waals surface area (Å²) in [7, 11) is 0. The lowest BCUT2D eigenvalue weighted by Crippen LogP contribution is -2.09. The van der Waals surface area contributed by atoms with E-state index >= 15 is 0 Å². The molecule has 0 aliphatic rings. The molecule has 0 saturated carbocycles. The molecular weight excluding hydrogens is 294 g/mol. The average molecular weight is 313 g/mol. The van der Waals surface area contributed by atoms with Crippen LogP contribution >= 0.6 is 0 Å². The summed E-state index contributed by atoms with van der Waals surface area (Å²) in [5.74, 6) is 0. The molecule has 3 aromatic carbocycles. The molecule has 0 bridgehead atoms. The maximum atomic E-state index is 3.98. The Kier molecular flexibility index (Phi) is 5.15. The van der Waals surface area contributed by atoms with Crippen molar-refractivity contribution in [1.82, 2.24) is 0 Å². The van der Waals surface area contributed by atoms with Gasteiger partial charge in [-0.05, 0) is 48.9 Å². The van der Waals surface area contributed by atoms with Crippen LogP contribution in [0, 0.1) is 0 Å². The Hall–Kier alpha value is -3.20. The molecule has 3 rings (SSSR count). The Bertz CT molecular complexity index is 767. The smallest absolute Gasteiger partial charge is 0.0567 e. The number of anilines is 3. The summed E-state index contributed by atoms with van der Waals surface area (Å²) >= 11 is 0. The monoisotopic (exact) mass is 313 g/mol. The van der Waals surface area contributed by atoms with Crippen molar-refractivity contribution in [3.8, 4) is 0 Å². The van der Waals surface area contributed by atoms with Gasteiger partial charge in [0.05, 0.1) is 6.21 Å². The molecule has 0 aromatic heterocycles. The van der Waals surface area contributed by atoms with Gasteiger partial charge in [-0.2, -0.15) is 10.2 Å². The molecule has 0 fully saturated rings. The Labute approximate surface area is 142 Å². The van der Waals surface area contributed by atoms with Gasteiger partial charge < -0.3 is 4.90 Å². The minimum Gasteiger partial charge on any atom is -0.311 e. The number of benzene rings is 3. The molecule has 3 nitrogen and oxygen atoms in total. The lowest BCUT2D eigenvalue weighted by Gasteiger charge is -2.25. The molecule has 3 aromatic rings. The Morgan fingerprint density at radius 2 is 1.12 bits per heavy atom. The van der Waals surface area contributed by atoms with Crippen LogP contribution in [0.2, 0.25) is 0 Å². The van der Waals surface area contributed by atoms with Crippen LogP contribution in [0.15, 0.2) is 95.1 Å². The topological polar surface area (TPSA) is 28.0 Å². The third kappa shape index (κ3) is 3.76. The molecule has 3 heteroatoms. The molecule has 0 unspecified atom stereocenters. The molecule has 0 aliphatic heterocycles. The maximum Gasteiger partial charge on any atom is 0.0567 e. The SMILES string of the molecule is C/C=N/N=C/c1ccc(N(c2ccccc2)c2ccccc2)cc1. The van der Waals surface area contributed by atoms with Crippen molar-refractivity contribution in [1.29, 1.82) is 0 Å². The number of para-hydroxylation sites is 2. The first kappa shape index (κ1) is 15.7. The van der Waals surface area contributed by atoms with E-state index in [1.54, 1.807) is 12.4 Å². The first-order valence-electron chi connectivity index (χ1n) is 7.90. The summed E-state index contributed by atoms with van der Waals surface area (Å²) < 4.78 is 0. The molecule has 0 atom stereocenters. The van der Waals surface area contributed by atoms with E-state index in [1.165, 1.54) is 0 Å². The molecule has 0 radical (unpaired) electrons. The summed E-state index contributed by atoms with van der Waals surface area (Å²) in [6.07, 6.45) is 3.41. The summed E-state index contributed by atoms with van der Waals surface area (Å²) in [6, 6.07) is 29.0. The lowest BCUT2D eigenvalue weighted by atomic mass is 10.1. The van der Waals surface area contributed by atoms with Gasteiger partial charge in [0.15, 0.2) is 0 Å². The second-order valence-corrected chi connectivity index (χ2v) is 5.22. The third-order valence-electron chi connectivity index (χ3n) is 3.57. The summed E-state index contributed by atoms with van der Waals surface area (Å²) in [5.41, 5.74) is 4.37. The lowest BCUT2D eigenvalue weighted by molar-refractivity contribution is 1.26. The van der Waals surface area contributed by atoms with Gasteiger partial charge in [-0.1, -0.05) is 48.5 Å². The van der Waals surface area contributed by atoms with Crippen molar-refractivity contribution >= 4 is 29.5 Å². The fourth-order valence-electron chi connectivity index (χ4n) is 2.48. The Morgan fingerprint density at radius 3 is 1.62 bits per heavy atom. The summed E-state index contributed by atoms with van der Waals surface area (Å²) in [6.45, 7) is 1.85. The van der Waals surface area contributed by atoms with Gasteiger partial charge in [0, 0.05) is 23.3 Å². The van der Waals surface area contributed by atoms with E-state index in [1.807, 2.05) is 31.2 Å². The first-order chi connectivity index (χ1) is 11.9. The quantitative estimate of drug-likeness (QED) is 0.446. The second kappa shape index (κ2) is 7.88. The predicted octanol–water partition coefficient (Wildman–Crippen LogP) is 5.58. The largest absolute Gasteiger partial charge is 0.311 e. The van der Waals surface area contributed by atoms with Crippen molar-refractivity contribution in [3.05, 3.63) is 90.5 Å². The minimum absolute atomic E-state index is 1.02. The zero-order valence-corrected chi connectivity index (χ0v) is 13.6. The van der Waals surface area contributed by atoms with E-state index in [4.69, 9.17) is 0 Å². The van der Waals surface area contributed by atoms with Crippen molar-refractivity contribution in [2.45, 2.75) is 6.92 Å². The summed E-state index contributed by atoms with van der Waals surface area (Å²) in [5, 5.41) is 7.84. The average Bonchev–Trinajstić information content (AvgIpc) is 2.65. The van der Waals surface area contributed by atoms with Gasteiger partial charge in [0.1, 0.15) is 0 Å². The van der Waals surface area contributed by atoms with Crippen LogP contribution in [0.4, 0.5) is 17.1 Å².